The summed E-state index contributed by atoms with van der Waals surface area (Å²) in [6.07, 6.45) is 6.24. The number of hydrogen-bond donors (Lipinski definition) is 1. The summed E-state index contributed by atoms with van der Waals surface area (Å²) in [5, 5.41) is 3.21. The van der Waals surface area contributed by atoms with Crippen LogP contribution in [0.3, 0.4) is 0 Å². The third-order valence-corrected chi connectivity index (χ3v) is 5.53. The molecule has 0 spiro atoms. The van der Waals surface area contributed by atoms with Crippen LogP contribution in [0.25, 0.3) is 17.1 Å². The molecule has 1 aliphatic rings. The number of aromatic nitrogens is 2. The Balaban J connectivity index is 1.73. The molecule has 1 heterocycles. The number of aryl methyl sites for hydroxylation is 2. The number of benzene rings is 2. The number of rotatable bonds is 5. The van der Waals surface area contributed by atoms with Crippen LogP contribution >= 0.6 is 0 Å². The molecule has 4 rings (SSSR count). The quantitative estimate of drug-likeness (QED) is 0.726. The van der Waals surface area contributed by atoms with Crippen LogP contribution in [0.2, 0.25) is 0 Å². The zero-order valence-electron chi connectivity index (χ0n) is 15.7. The van der Waals surface area contributed by atoms with Gasteiger partial charge in [0.25, 0.3) is 0 Å². The first kappa shape index (κ1) is 16.9. The van der Waals surface area contributed by atoms with Crippen molar-refractivity contribution in [2.24, 2.45) is 0 Å². The van der Waals surface area contributed by atoms with Crippen molar-refractivity contribution in [3.8, 4) is 0 Å². The van der Waals surface area contributed by atoms with E-state index in [2.05, 4.69) is 52.6 Å². The number of anilines is 1. The van der Waals surface area contributed by atoms with Gasteiger partial charge < -0.3 is 14.6 Å². The van der Waals surface area contributed by atoms with Gasteiger partial charge in [0.1, 0.15) is 0 Å². The lowest BCUT2D eigenvalue weighted by atomic mass is 10.00. The maximum Gasteiger partial charge on any atom is 0.0961 e. The molecule has 1 unspecified atom stereocenters. The summed E-state index contributed by atoms with van der Waals surface area (Å²) < 4.78 is 7.83. The number of hydrogen-bond acceptors (Lipinski definition) is 3. The van der Waals surface area contributed by atoms with Crippen LogP contribution < -0.4 is 5.32 Å². The molecule has 1 atom stereocenters. The van der Waals surface area contributed by atoms with E-state index in [0.29, 0.717) is 0 Å². The predicted molar refractivity (Wildman–Crippen MR) is 108 cm³/mol. The fraction of sp³-hybridized carbons (Fsp3) is 0.318. The fourth-order valence-corrected chi connectivity index (χ4v) is 4.02. The second-order valence-electron chi connectivity index (χ2n) is 7.00. The van der Waals surface area contributed by atoms with Gasteiger partial charge in [-0.15, -0.1) is 0 Å². The van der Waals surface area contributed by atoms with Gasteiger partial charge in [0.15, 0.2) is 0 Å². The van der Waals surface area contributed by atoms with Gasteiger partial charge in [-0.05, 0) is 59.7 Å². The van der Waals surface area contributed by atoms with Crippen molar-refractivity contribution in [2.75, 3.05) is 19.5 Å². The summed E-state index contributed by atoms with van der Waals surface area (Å²) in [6, 6.07) is 8.90. The van der Waals surface area contributed by atoms with Crippen LogP contribution in [0.4, 0.5) is 5.69 Å². The van der Waals surface area contributed by atoms with Gasteiger partial charge in [-0.25, -0.2) is 4.98 Å². The summed E-state index contributed by atoms with van der Waals surface area (Å²) >= 11 is 0. The van der Waals surface area contributed by atoms with E-state index in [9.17, 15) is 0 Å². The number of imidazole rings is 1. The Labute approximate surface area is 154 Å². The Morgan fingerprint density at radius 1 is 1.35 bits per heavy atom. The lowest BCUT2D eigenvalue weighted by Gasteiger charge is -2.14. The maximum absolute atomic E-state index is 5.61. The molecule has 0 fully saturated rings. The smallest absolute Gasteiger partial charge is 0.0961 e. The summed E-state index contributed by atoms with van der Waals surface area (Å²) in [5.41, 5.74) is 9.71. The van der Waals surface area contributed by atoms with Crippen molar-refractivity contribution in [1.82, 2.24) is 9.55 Å². The fourth-order valence-electron chi connectivity index (χ4n) is 4.02. The van der Waals surface area contributed by atoms with Crippen molar-refractivity contribution in [2.45, 2.75) is 32.4 Å². The number of fused-ring (bicyclic) bond motifs is 2. The highest BCUT2D eigenvalue weighted by Gasteiger charge is 2.23. The Kier molecular flexibility index (Phi) is 4.29. The SMILES string of the molecule is C=Cc1cc2c(cc1NC)ncn2Cc1cc2c(cc1C)C(OC)CC2. The number of methoxy groups -OCH3 is 1. The zero-order chi connectivity index (χ0) is 18.3. The molecule has 1 N–H and O–H groups in total. The molecule has 0 saturated heterocycles. The van der Waals surface area contributed by atoms with Crippen LogP contribution in [-0.2, 0) is 17.7 Å². The normalized spacial score (nSPS) is 16.0. The minimum atomic E-state index is 0.252. The van der Waals surface area contributed by atoms with E-state index in [0.717, 1.165) is 41.7 Å². The van der Waals surface area contributed by atoms with Crippen molar-refractivity contribution >= 4 is 22.8 Å². The van der Waals surface area contributed by atoms with Gasteiger partial charge in [0, 0.05) is 26.4 Å². The zero-order valence-corrected chi connectivity index (χ0v) is 15.7. The van der Waals surface area contributed by atoms with E-state index < -0.39 is 0 Å². The average molecular weight is 347 g/mol. The van der Waals surface area contributed by atoms with Gasteiger partial charge in [-0.1, -0.05) is 24.8 Å². The highest BCUT2D eigenvalue weighted by Crippen LogP contribution is 2.35. The lowest BCUT2D eigenvalue weighted by Crippen LogP contribution is -2.03. The highest BCUT2D eigenvalue weighted by molar-refractivity contribution is 5.85. The summed E-state index contributed by atoms with van der Waals surface area (Å²) in [4.78, 5) is 4.59. The van der Waals surface area contributed by atoms with Crippen LogP contribution in [0.1, 0.15) is 40.3 Å². The third kappa shape index (κ3) is 2.71. The van der Waals surface area contributed by atoms with Crippen molar-refractivity contribution < 1.29 is 4.74 Å². The van der Waals surface area contributed by atoms with Crippen molar-refractivity contribution in [1.29, 1.82) is 0 Å². The molecule has 0 radical (unpaired) electrons. The van der Waals surface area contributed by atoms with E-state index in [-0.39, 0.29) is 6.10 Å². The van der Waals surface area contributed by atoms with Gasteiger partial charge in [-0.2, -0.15) is 0 Å². The minimum Gasteiger partial charge on any atom is -0.388 e. The van der Waals surface area contributed by atoms with E-state index >= 15 is 0 Å². The predicted octanol–water partition coefficient (Wildman–Crippen LogP) is 4.71. The number of nitrogens with zero attached hydrogens (tertiary/aromatic N) is 2. The number of ether oxygens (including phenoxy) is 1. The molecule has 0 bridgehead atoms. The largest absolute Gasteiger partial charge is 0.388 e. The Morgan fingerprint density at radius 2 is 2.19 bits per heavy atom. The van der Waals surface area contributed by atoms with Gasteiger partial charge >= 0.3 is 0 Å². The Morgan fingerprint density at radius 3 is 2.92 bits per heavy atom. The van der Waals surface area contributed by atoms with E-state index in [4.69, 9.17) is 4.74 Å². The van der Waals surface area contributed by atoms with Gasteiger partial charge in [0.2, 0.25) is 0 Å². The van der Waals surface area contributed by atoms with Crippen molar-refractivity contribution in [3.05, 3.63) is 65.0 Å². The molecule has 3 aromatic rings. The standard InChI is InChI=1S/C22H25N3O/c1-5-15-10-21-20(11-19(15)23-3)24-13-25(21)12-17-9-16-6-7-22(26-4)18(16)8-14(17)2/h5,8-11,13,22-23H,1,6-7,12H2,2-4H3. The second-order valence-corrected chi connectivity index (χ2v) is 7.00. The first-order valence-corrected chi connectivity index (χ1v) is 9.08. The van der Waals surface area contributed by atoms with Crippen LogP contribution in [0.5, 0.6) is 0 Å². The van der Waals surface area contributed by atoms with Crippen LogP contribution in [-0.4, -0.2) is 23.7 Å². The summed E-state index contributed by atoms with van der Waals surface area (Å²) in [7, 11) is 3.73. The molecule has 0 aliphatic heterocycles. The first-order chi connectivity index (χ1) is 12.6. The molecule has 0 saturated carbocycles. The maximum atomic E-state index is 5.61. The molecule has 134 valence electrons. The minimum absolute atomic E-state index is 0.252. The van der Waals surface area contributed by atoms with Gasteiger partial charge in [-0.3, -0.25) is 0 Å². The molecule has 1 aliphatic carbocycles. The Bertz CT molecular complexity index is 987. The highest BCUT2D eigenvalue weighted by atomic mass is 16.5. The molecule has 0 amide bonds. The lowest BCUT2D eigenvalue weighted by molar-refractivity contribution is 0.105. The third-order valence-electron chi connectivity index (χ3n) is 5.53. The molecule has 1 aromatic heterocycles. The van der Waals surface area contributed by atoms with Crippen molar-refractivity contribution in [3.63, 3.8) is 0 Å². The van der Waals surface area contributed by atoms with E-state index in [1.54, 1.807) is 7.11 Å². The molecule has 4 heteroatoms. The summed E-state index contributed by atoms with van der Waals surface area (Å²) in [6.45, 7) is 6.94. The molecule has 26 heavy (non-hydrogen) atoms. The average Bonchev–Trinajstić information content (AvgIpc) is 3.24. The monoisotopic (exact) mass is 347 g/mol. The van der Waals surface area contributed by atoms with Crippen LogP contribution in [0, 0.1) is 6.92 Å². The van der Waals surface area contributed by atoms with E-state index in [1.807, 2.05) is 19.5 Å². The molecular formula is C22H25N3O. The van der Waals surface area contributed by atoms with Gasteiger partial charge in [0.05, 0.1) is 23.5 Å². The first-order valence-electron chi connectivity index (χ1n) is 9.08. The Hall–Kier alpha value is -2.59. The number of nitrogens with one attached hydrogen (secondary N) is 1. The van der Waals surface area contributed by atoms with E-state index in [1.165, 1.54) is 22.3 Å². The molecular weight excluding hydrogens is 322 g/mol. The summed E-state index contributed by atoms with van der Waals surface area (Å²) in [5.74, 6) is 0. The molecule has 4 nitrogen and oxygen atoms in total. The molecule has 2 aromatic carbocycles. The second kappa shape index (κ2) is 6.61. The van der Waals surface area contributed by atoms with Crippen LogP contribution in [0.15, 0.2) is 37.2 Å². The topological polar surface area (TPSA) is 39.1 Å².